The second-order valence-corrected chi connectivity index (χ2v) is 4.85. The van der Waals surface area contributed by atoms with E-state index in [9.17, 15) is 8.78 Å². The van der Waals surface area contributed by atoms with Gasteiger partial charge in [-0.15, -0.1) is 0 Å². The molecule has 0 aromatic heterocycles. The first-order valence-electron chi connectivity index (χ1n) is 5.42. The number of ether oxygens (including phenoxy) is 1. The lowest BCUT2D eigenvalue weighted by molar-refractivity contribution is 0.200. The molecule has 1 aromatic rings. The largest absolute Gasteiger partial charge is 0.385 e. The van der Waals surface area contributed by atoms with Crippen LogP contribution in [0, 0.1) is 11.6 Å². The minimum atomic E-state index is -0.845. The highest BCUT2D eigenvalue weighted by Crippen LogP contribution is 2.18. The van der Waals surface area contributed by atoms with Crippen molar-refractivity contribution in [2.45, 2.75) is 12.5 Å². The molecule has 1 aromatic carbocycles. The van der Waals surface area contributed by atoms with Gasteiger partial charge >= 0.3 is 0 Å². The zero-order valence-electron chi connectivity index (χ0n) is 9.79. The third-order valence-corrected chi connectivity index (χ3v) is 3.48. The van der Waals surface area contributed by atoms with Crippen LogP contribution in [0.5, 0.6) is 0 Å². The van der Waals surface area contributed by atoms with E-state index in [4.69, 9.17) is 10.5 Å². The molecule has 0 amide bonds. The average Bonchev–Trinajstić information content (AvgIpc) is 2.32. The monoisotopic (exact) mass is 261 g/mol. The average molecular weight is 261 g/mol. The van der Waals surface area contributed by atoms with Crippen LogP contribution in [0.15, 0.2) is 18.2 Å². The molecular weight excluding hydrogens is 244 g/mol. The summed E-state index contributed by atoms with van der Waals surface area (Å²) in [6.45, 7) is 0.730. The smallest absolute Gasteiger partial charge is 0.159 e. The Kier molecular flexibility index (Phi) is 6.47. The Balaban J connectivity index is 2.36. The quantitative estimate of drug-likeness (QED) is 0.767. The summed E-state index contributed by atoms with van der Waals surface area (Å²) in [5, 5.41) is 0. The summed E-state index contributed by atoms with van der Waals surface area (Å²) in [4.78, 5) is 0. The highest BCUT2D eigenvalue weighted by molar-refractivity contribution is 7.99. The fraction of sp³-hybridized carbons (Fsp3) is 0.500. The van der Waals surface area contributed by atoms with Crippen LogP contribution in [0.2, 0.25) is 0 Å². The minimum Gasteiger partial charge on any atom is -0.385 e. The van der Waals surface area contributed by atoms with Gasteiger partial charge in [0.25, 0.3) is 0 Å². The summed E-state index contributed by atoms with van der Waals surface area (Å²) < 4.78 is 30.6. The lowest BCUT2D eigenvalue weighted by atomic mass is 10.1. The SMILES string of the molecule is COCCCSCC(N)c1ccc(F)c(F)c1. The summed E-state index contributed by atoms with van der Waals surface area (Å²) in [5.74, 6) is -0.0453. The molecule has 1 atom stereocenters. The molecule has 0 fully saturated rings. The molecule has 0 radical (unpaired) electrons. The van der Waals surface area contributed by atoms with E-state index in [1.165, 1.54) is 6.07 Å². The molecule has 0 aliphatic carbocycles. The van der Waals surface area contributed by atoms with E-state index < -0.39 is 11.6 Å². The summed E-state index contributed by atoms with van der Waals surface area (Å²) >= 11 is 1.68. The van der Waals surface area contributed by atoms with Gasteiger partial charge in [-0.3, -0.25) is 0 Å². The maximum atomic E-state index is 13.0. The molecule has 2 N–H and O–H groups in total. The summed E-state index contributed by atoms with van der Waals surface area (Å²) in [7, 11) is 1.66. The van der Waals surface area contributed by atoms with E-state index in [1.54, 1.807) is 18.9 Å². The number of nitrogens with two attached hydrogens (primary N) is 1. The van der Waals surface area contributed by atoms with Gasteiger partial charge in [-0.1, -0.05) is 6.07 Å². The molecule has 2 nitrogen and oxygen atoms in total. The lowest BCUT2D eigenvalue weighted by Crippen LogP contribution is -2.14. The number of benzene rings is 1. The molecule has 5 heteroatoms. The summed E-state index contributed by atoms with van der Waals surface area (Å²) in [6.07, 6.45) is 0.964. The van der Waals surface area contributed by atoms with Crippen LogP contribution >= 0.6 is 11.8 Å². The van der Waals surface area contributed by atoms with Crippen molar-refractivity contribution in [3.63, 3.8) is 0 Å². The predicted molar refractivity (Wildman–Crippen MR) is 67.1 cm³/mol. The second-order valence-electron chi connectivity index (χ2n) is 3.70. The van der Waals surface area contributed by atoms with Gasteiger partial charge < -0.3 is 10.5 Å². The van der Waals surface area contributed by atoms with Crippen molar-refractivity contribution in [1.29, 1.82) is 0 Å². The molecule has 96 valence electrons. The third-order valence-electron chi connectivity index (χ3n) is 2.31. The Labute approximate surface area is 105 Å². The Morgan fingerprint density at radius 3 is 2.76 bits per heavy atom. The van der Waals surface area contributed by atoms with E-state index >= 15 is 0 Å². The van der Waals surface area contributed by atoms with Gasteiger partial charge in [-0.05, 0) is 29.9 Å². The Bertz CT molecular complexity index is 349. The number of rotatable bonds is 7. The lowest BCUT2D eigenvalue weighted by Gasteiger charge is -2.11. The summed E-state index contributed by atoms with van der Waals surface area (Å²) in [6, 6.07) is 3.53. The van der Waals surface area contributed by atoms with Crippen molar-refractivity contribution >= 4 is 11.8 Å². The van der Waals surface area contributed by atoms with Crippen LogP contribution in [0.3, 0.4) is 0 Å². The van der Waals surface area contributed by atoms with E-state index in [0.29, 0.717) is 11.3 Å². The van der Waals surface area contributed by atoms with Gasteiger partial charge in [-0.2, -0.15) is 11.8 Å². The highest BCUT2D eigenvalue weighted by Gasteiger charge is 2.09. The van der Waals surface area contributed by atoms with Crippen LogP contribution in [-0.2, 0) is 4.74 Å². The highest BCUT2D eigenvalue weighted by atomic mass is 32.2. The first-order valence-corrected chi connectivity index (χ1v) is 6.58. The second kappa shape index (κ2) is 7.63. The van der Waals surface area contributed by atoms with Crippen molar-refractivity contribution in [2.24, 2.45) is 5.73 Å². The van der Waals surface area contributed by atoms with Gasteiger partial charge in [0, 0.05) is 25.5 Å². The molecule has 1 unspecified atom stereocenters. The molecule has 0 saturated carbocycles. The molecule has 1 rings (SSSR count). The maximum absolute atomic E-state index is 13.0. The molecule has 0 spiro atoms. The minimum absolute atomic E-state index is 0.266. The molecule has 0 saturated heterocycles. The molecule has 0 aliphatic rings. The fourth-order valence-corrected chi connectivity index (χ4v) is 2.29. The van der Waals surface area contributed by atoms with Crippen LogP contribution in [-0.4, -0.2) is 25.2 Å². The molecule has 0 bridgehead atoms. The van der Waals surface area contributed by atoms with E-state index in [-0.39, 0.29) is 6.04 Å². The van der Waals surface area contributed by atoms with E-state index in [2.05, 4.69) is 0 Å². The van der Waals surface area contributed by atoms with Crippen LogP contribution in [0.25, 0.3) is 0 Å². The maximum Gasteiger partial charge on any atom is 0.159 e. The molecular formula is C12H17F2NOS. The topological polar surface area (TPSA) is 35.2 Å². The number of thioether (sulfide) groups is 1. The van der Waals surface area contributed by atoms with Gasteiger partial charge in [0.05, 0.1) is 0 Å². The van der Waals surface area contributed by atoms with E-state index in [1.807, 2.05) is 0 Å². The Morgan fingerprint density at radius 2 is 2.12 bits per heavy atom. The predicted octanol–water partition coefficient (Wildman–Crippen LogP) is 2.73. The van der Waals surface area contributed by atoms with Crippen LogP contribution in [0.1, 0.15) is 18.0 Å². The third kappa shape index (κ3) is 5.02. The number of methoxy groups -OCH3 is 1. The normalized spacial score (nSPS) is 12.7. The number of halogens is 2. The number of hydrogen-bond donors (Lipinski definition) is 1. The standard InChI is InChI=1S/C12H17F2NOS/c1-16-5-2-6-17-8-12(15)9-3-4-10(13)11(14)7-9/h3-4,7,12H,2,5-6,8,15H2,1H3. The van der Waals surface area contributed by atoms with Crippen LogP contribution in [0.4, 0.5) is 8.78 Å². The fourth-order valence-electron chi connectivity index (χ4n) is 1.35. The first-order chi connectivity index (χ1) is 8.15. The van der Waals surface area contributed by atoms with Gasteiger partial charge in [0.1, 0.15) is 0 Å². The molecule has 17 heavy (non-hydrogen) atoms. The van der Waals surface area contributed by atoms with Crippen molar-refractivity contribution < 1.29 is 13.5 Å². The van der Waals surface area contributed by atoms with Gasteiger partial charge in [-0.25, -0.2) is 8.78 Å². The number of hydrogen-bond acceptors (Lipinski definition) is 3. The zero-order valence-corrected chi connectivity index (χ0v) is 10.6. The van der Waals surface area contributed by atoms with Crippen molar-refractivity contribution in [2.75, 3.05) is 25.2 Å². The van der Waals surface area contributed by atoms with E-state index in [0.717, 1.165) is 30.9 Å². The molecule has 0 aliphatic heterocycles. The Morgan fingerprint density at radius 1 is 1.35 bits per heavy atom. The van der Waals surface area contributed by atoms with Gasteiger partial charge in [0.2, 0.25) is 0 Å². The van der Waals surface area contributed by atoms with Crippen molar-refractivity contribution in [3.05, 3.63) is 35.4 Å². The molecule has 0 heterocycles. The van der Waals surface area contributed by atoms with Crippen LogP contribution < -0.4 is 5.73 Å². The van der Waals surface area contributed by atoms with Gasteiger partial charge in [0.15, 0.2) is 11.6 Å². The first kappa shape index (κ1) is 14.4. The zero-order chi connectivity index (χ0) is 12.7. The van der Waals surface area contributed by atoms with Crippen molar-refractivity contribution in [3.8, 4) is 0 Å². The summed E-state index contributed by atoms with van der Waals surface area (Å²) in [5.41, 5.74) is 6.52. The van der Waals surface area contributed by atoms with Crippen molar-refractivity contribution in [1.82, 2.24) is 0 Å². The Hall–Kier alpha value is -0.650.